The molecule has 0 radical (unpaired) electrons. The van der Waals surface area contributed by atoms with Crippen LogP contribution in [0.3, 0.4) is 0 Å². The summed E-state index contributed by atoms with van der Waals surface area (Å²) < 4.78 is 22.6. The Balaban J connectivity index is 2.42. The smallest absolute Gasteiger partial charge is 0.237 e. The van der Waals surface area contributed by atoms with E-state index in [4.69, 9.17) is 45.5 Å². The first-order valence-electron chi connectivity index (χ1n) is 5.08. The Kier molecular flexibility index (Phi) is 4.23. The summed E-state index contributed by atoms with van der Waals surface area (Å²) in [6, 6.07) is 2.86. The van der Waals surface area contributed by atoms with Crippen LogP contribution in [-0.2, 0) is 13.8 Å². The van der Waals surface area contributed by atoms with Gasteiger partial charge in [0.2, 0.25) is 15.0 Å². The lowest BCUT2D eigenvalue weighted by molar-refractivity contribution is -0.117. The third-order valence-electron chi connectivity index (χ3n) is 2.74. The Morgan fingerprint density at radius 3 is 2.11 bits per heavy atom. The van der Waals surface area contributed by atoms with E-state index in [-0.39, 0.29) is 28.7 Å². The number of carbonyl (C=O) groups is 1. The lowest BCUT2D eigenvalue weighted by Crippen LogP contribution is -2.27. The molecule has 19 heavy (non-hydrogen) atoms. The SMILES string of the molecule is O=C1CC(S(=O)(=O)Cl)CN1c1c(Cl)cc(Cl)cc1Cl. The van der Waals surface area contributed by atoms with Gasteiger partial charge >= 0.3 is 0 Å². The molecule has 1 amide bonds. The van der Waals surface area contributed by atoms with Crippen molar-refractivity contribution in [2.75, 3.05) is 11.4 Å². The molecule has 104 valence electrons. The van der Waals surface area contributed by atoms with Crippen LogP contribution in [0.1, 0.15) is 6.42 Å². The first kappa shape index (κ1) is 15.2. The summed E-state index contributed by atoms with van der Waals surface area (Å²) in [7, 11) is 1.46. The van der Waals surface area contributed by atoms with Gasteiger partial charge in [-0.25, -0.2) is 8.42 Å². The van der Waals surface area contributed by atoms with Crippen molar-refractivity contribution in [2.24, 2.45) is 0 Å². The van der Waals surface area contributed by atoms with E-state index >= 15 is 0 Å². The van der Waals surface area contributed by atoms with Crippen LogP contribution in [0.15, 0.2) is 12.1 Å². The molecule has 1 atom stereocenters. The van der Waals surface area contributed by atoms with E-state index in [0.717, 1.165) is 0 Å². The molecule has 1 fully saturated rings. The minimum atomic E-state index is -3.81. The lowest BCUT2D eigenvalue weighted by atomic mass is 10.3. The third kappa shape index (κ3) is 3.11. The van der Waals surface area contributed by atoms with Gasteiger partial charge < -0.3 is 4.90 Å². The zero-order valence-electron chi connectivity index (χ0n) is 9.24. The summed E-state index contributed by atoms with van der Waals surface area (Å²) in [5.74, 6) is -0.402. The van der Waals surface area contributed by atoms with Crippen molar-refractivity contribution in [3.05, 3.63) is 27.2 Å². The summed E-state index contributed by atoms with van der Waals surface area (Å²) >= 11 is 17.8. The number of nitrogens with zero attached hydrogens (tertiary/aromatic N) is 1. The molecule has 1 unspecified atom stereocenters. The highest BCUT2D eigenvalue weighted by Gasteiger charge is 2.39. The monoisotopic (exact) mass is 361 g/mol. The van der Waals surface area contributed by atoms with Crippen molar-refractivity contribution in [1.82, 2.24) is 0 Å². The molecule has 9 heteroatoms. The summed E-state index contributed by atoms with van der Waals surface area (Å²) in [5.41, 5.74) is 0.251. The van der Waals surface area contributed by atoms with Gasteiger partial charge in [-0.1, -0.05) is 34.8 Å². The average molecular weight is 363 g/mol. The molecule has 1 aromatic rings. The van der Waals surface area contributed by atoms with E-state index in [0.29, 0.717) is 5.02 Å². The quantitative estimate of drug-likeness (QED) is 0.758. The van der Waals surface area contributed by atoms with Gasteiger partial charge in [-0.15, -0.1) is 0 Å². The Bertz CT molecular complexity index is 623. The fourth-order valence-corrected chi connectivity index (χ4v) is 3.92. The Morgan fingerprint density at radius 2 is 1.68 bits per heavy atom. The van der Waals surface area contributed by atoms with Crippen LogP contribution in [-0.4, -0.2) is 26.1 Å². The number of rotatable bonds is 2. The number of benzene rings is 1. The van der Waals surface area contributed by atoms with Gasteiger partial charge in [0, 0.05) is 28.7 Å². The second kappa shape index (κ2) is 5.30. The highest BCUT2D eigenvalue weighted by Crippen LogP contribution is 2.39. The molecular weight excluding hydrogens is 356 g/mol. The van der Waals surface area contributed by atoms with E-state index < -0.39 is 20.2 Å². The average Bonchev–Trinajstić information content (AvgIpc) is 2.59. The van der Waals surface area contributed by atoms with Gasteiger partial charge in [-0.05, 0) is 12.1 Å². The first-order valence-corrected chi connectivity index (χ1v) is 8.59. The van der Waals surface area contributed by atoms with Crippen LogP contribution < -0.4 is 4.90 Å². The maximum absolute atomic E-state index is 11.9. The molecule has 1 aliphatic heterocycles. The van der Waals surface area contributed by atoms with Gasteiger partial charge in [0.25, 0.3) is 0 Å². The molecule has 0 saturated carbocycles. The van der Waals surface area contributed by atoms with E-state index in [2.05, 4.69) is 0 Å². The molecule has 0 aliphatic carbocycles. The van der Waals surface area contributed by atoms with E-state index in [1.807, 2.05) is 0 Å². The number of hydrogen-bond donors (Lipinski definition) is 0. The maximum Gasteiger partial charge on any atom is 0.237 e. The number of carbonyl (C=O) groups excluding carboxylic acids is 1. The molecule has 0 aromatic heterocycles. The normalized spacial score (nSPS) is 20.1. The number of anilines is 1. The van der Waals surface area contributed by atoms with Crippen molar-refractivity contribution in [3.8, 4) is 0 Å². The van der Waals surface area contributed by atoms with Gasteiger partial charge in [0.05, 0.1) is 15.7 Å². The second-order valence-electron chi connectivity index (χ2n) is 4.02. The molecule has 0 N–H and O–H groups in total. The van der Waals surface area contributed by atoms with E-state index in [1.165, 1.54) is 17.0 Å². The maximum atomic E-state index is 11.9. The van der Waals surface area contributed by atoms with Gasteiger partial charge in [0.15, 0.2) is 0 Å². The molecular formula is C10H7Cl4NO3S. The third-order valence-corrected chi connectivity index (χ3v) is 5.40. The highest BCUT2D eigenvalue weighted by atomic mass is 35.7. The first-order chi connectivity index (χ1) is 8.70. The number of hydrogen-bond acceptors (Lipinski definition) is 3. The van der Waals surface area contributed by atoms with Crippen molar-refractivity contribution >= 4 is 66.1 Å². The minimum Gasteiger partial charge on any atom is -0.308 e. The second-order valence-corrected chi connectivity index (χ2v) is 8.18. The fourth-order valence-electron chi connectivity index (χ4n) is 1.87. The predicted molar refractivity (Wildman–Crippen MR) is 77.0 cm³/mol. The Morgan fingerprint density at radius 1 is 1.16 bits per heavy atom. The standard InChI is InChI=1S/C10H7Cl4NO3S/c11-5-1-7(12)10(8(13)2-5)15-4-6(3-9(15)16)19(14,17)18/h1-2,6H,3-4H2. The summed E-state index contributed by atoms with van der Waals surface area (Å²) in [5, 5.41) is -0.284. The topological polar surface area (TPSA) is 54.5 Å². The van der Waals surface area contributed by atoms with Crippen LogP contribution >= 0.6 is 45.5 Å². The Hall–Kier alpha value is -0.200. The summed E-state index contributed by atoms with van der Waals surface area (Å²) in [6.45, 7) is -0.0776. The highest BCUT2D eigenvalue weighted by molar-refractivity contribution is 8.14. The van der Waals surface area contributed by atoms with Crippen LogP contribution in [0.2, 0.25) is 15.1 Å². The van der Waals surface area contributed by atoms with E-state index in [1.54, 1.807) is 0 Å². The molecule has 2 rings (SSSR count). The van der Waals surface area contributed by atoms with Crippen molar-refractivity contribution in [1.29, 1.82) is 0 Å². The van der Waals surface area contributed by atoms with E-state index in [9.17, 15) is 13.2 Å². The zero-order chi connectivity index (χ0) is 14.4. The zero-order valence-corrected chi connectivity index (χ0v) is 13.1. The van der Waals surface area contributed by atoms with Crippen molar-refractivity contribution < 1.29 is 13.2 Å². The molecule has 1 aliphatic rings. The van der Waals surface area contributed by atoms with Crippen LogP contribution in [0.4, 0.5) is 5.69 Å². The number of amides is 1. The predicted octanol–water partition coefficient (Wildman–Crippen LogP) is 3.32. The lowest BCUT2D eigenvalue weighted by Gasteiger charge is -2.19. The molecule has 0 bridgehead atoms. The molecule has 1 heterocycles. The fraction of sp³-hybridized carbons (Fsp3) is 0.300. The molecule has 4 nitrogen and oxygen atoms in total. The summed E-state index contributed by atoms with van der Waals surface area (Å²) in [4.78, 5) is 13.1. The molecule has 0 spiro atoms. The van der Waals surface area contributed by atoms with Gasteiger partial charge in [0.1, 0.15) is 5.25 Å². The van der Waals surface area contributed by atoms with Gasteiger partial charge in [-0.3, -0.25) is 4.79 Å². The van der Waals surface area contributed by atoms with Gasteiger partial charge in [-0.2, -0.15) is 0 Å². The van der Waals surface area contributed by atoms with Crippen molar-refractivity contribution in [3.63, 3.8) is 0 Å². The largest absolute Gasteiger partial charge is 0.308 e. The van der Waals surface area contributed by atoms with Crippen LogP contribution in [0.25, 0.3) is 0 Å². The van der Waals surface area contributed by atoms with Crippen LogP contribution in [0.5, 0.6) is 0 Å². The Labute approximate surface area is 129 Å². The summed E-state index contributed by atoms with van der Waals surface area (Å²) in [6.07, 6.45) is -0.193. The number of halogens is 4. The minimum absolute atomic E-state index is 0.0776. The van der Waals surface area contributed by atoms with Crippen LogP contribution in [0, 0.1) is 0 Å². The van der Waals surface area contributed by atoms with Crippen molar-refractivity contribution in [2.45, 2.75) is 11.7 Å². The molecule has 1 aromatic carbocycles. The molecule has 1 saturated heterocycles.